The zero-order valence-corrected chi connectivity index (χ0v) is 9.52. The molecular weight excluding hydrogens is 202 g/mol. The van der Waals surface area contributed by atoms with Crippen LogP contribution in [0.25, 0.3) is 0 Å². The van der Waals surface area contributed by atoms with E-state index in [4.69, 9.17) is 0 Å². The van der Waals surface area contributed by atoms with Gasteiger partial charge in [0.15, 0.2) is 0 Å². The fraction of sp³-hybridized carbons (Fsp3) is 0.750. The quantitative estimate of drug-likeness (QED) is 0.744. The third-order valence-corrected chi connectivity index (χ3v) is 3.87. The maximum atomic E-state index is 10.1. The molecule has 0 bridgehead atoms. The van der Waals surface area contributed by atoms with E-state index in [0.29, 0.717) is 0 Å². The molecule has 1 aliphatic heterocycles. The number of imidazole rings is 1. The van der Waals surface area contributed by atoms with Crippen LogP contribution in [0.15, 0.2) is 6.33 Å². The smallest absolute Gasteiger partial charge is 0.0955 e. The number of aliphatic hydroxyl groups is 1. The Balaban J connectivity index is 1.90. The third kappa shape index (κ3) is 1.66. The van der Waals surface area contributed by atoms with Crippen LogP contribution in [0, 0.1) is 0 Å². The van der Waals surface area contributed by atoms with Gasteiger partial charge in [-0.2, -0.15) is 0 Å². The van der Waals surface area contributed by atoms with Gasteiger partial charge in [0, 0.05) is 25.2 Å². The minimum atomic E-state index is -0.179. The molecular formula is C12H19N3O. The van der Waals surface area contributed by atoms with Crippen molar-refractivity contribution in [3.63, 3.8) is 0 Å². The molecule has 0 aromatic carbocycles. The molecule has 88 valence electrons. The van der Waals surface area contributed by atoms with Gasteiger partial charge < -0.3 is 15.0 Å². The molecule has 1 aromatic heterocycles. The average molecular weight is 221 g/mol. The van der Waals surface area contributed by atoms with Gasteiger partial charge in [0.1, 0.15) is 0 Å². The number of nitrogens with one attached hydrogen (secondary N) is 1. The van der Waals surface area contributed by atoms with Crippen LogP contribution in [-0.4, -0.2) is 27.3 Å². The predicted molar refractivity (Wildman–Crippen MR) is 61.1 cm³/mol. The highest BCUT2D eigenvalue weighted by Gasteiger charge is 2.27. The van der Waals surface area contributed by atoms with Crippen molar-refractivity contribution < 1.29 is 5.11 Å². The molecule has 0 saturated heterocycles. The first-order valence-electron chi connectivity index (χ1n) is 6.29. The van der Waals surface area contributed by atoms with Gasteiger partial charge in [0.25, 0.3) is 0 Å². The topological polar surface area (TPSA) is 50.1 Å². The van der Waals surface area contributed by atoms with Gasteiger partial charge in [0.05, 0.1) is 24.2 Å². The highest BCUT2D eigenvalue weighted by molar-refractivity contribution is 5.17. The molecule has 0 spiro atoms. The Kier molecular flexibility index (Phi) is 2.69. The van der Waals surface area contributed by atoms with Gasteiger partial charge >= 0.3 is 0 Å². The van der Waals surface area contributed by atoms with E-state index in [1.165, 1.54) is 17.8 Å². The zero-order valence-electron chi connectivity index (χ0n) is 9.52. The van der Waals surface area contributed by atoms with E-state index < -0.39 is 0 Å². The zero-order chi connectivity index (χ0) is 11.0. The summed E-state index contributed by atoms with van der Waals surface area (Å²) in [5, 5.41) is 13.4. The summed E-state index contributed by atoms with van der Waals surface area (Å²) in [6.45, 7) is 1.91. The van der Waals surface area contributed by atoms with Crippen molar-refractivity contribution in [3.05, 3.63) is 17.7 Å². The van der Waals surface area contributed by atoms with Crippen molar-refractivity contribution >= 4 is 0 Å². The van der Waals surface area contributed by atoms with Gasteiger partial charge in [-0.1, -0.05) is 12.8 Å². The van der Waals surface area contributed by atoms with Crippen LogP contribution in [0.5, 0.6) is 0 Å². The minimum Gasteiger partial charge on any atom is -0.391 e. The number of nitrogens with zero attached hydrogens (tertiary/aromatic N) is 2. The Morgan fingerprint density at radius 1 is 1.38 bits per heavy atom. The number of hydrogen-bond donors (Lipinski definition) is 2. The summed E-state index contributed by atoms with van der Waals surface area (Å²) in [6, 6.07) is 0.267. The lowest BCUT2D eigenvalue weighted by Gasteiger charge is -2.30. The van der Waals surface area contributed by atoms with E-state index >= 15 is 0 Å². The van der Waals surface area contributed by atoms with Crippen molar-refractivity contribution in [2.75, 3.05) is 6.54 Å². The molecule has 16 heavy (non-hydrogen) atoms. The molecule has 0 amide bonds. The molecule has 2 aliphatic rings. The van der Waals surface area contributed by atoms with E-state index in [0.717, 1.165) is 38.8 Å². The van der Waals surface area contributed by atoms with Crippen LogP contribution in [0.2, 0.25) is 0 Å². The van der Waals surface area contributed by atoms with Crippen LogP contribution >= 0.6 is 0 Å². The molecule has 2 N–H and O–H groups in total. The van der Waals surface area contributed by atoms with Crippen molar-refractivity contribution in [3.8, 4) is 0 Å². The maximum absolute atomic E-state index is 10.1. The molecule has 1 aromatic rings. The summed E-state index contributed by atoms with van der Waals surface area (Å²) in [7, 11) is 0. The number of rotatable bonds is 1. The molecule has 4 heteroatoms. The second kappa shape index (κ2) is 4.18. The van der Waals surface area contributed by atoms with Crippen molar-refractivity contribution in [2.24, 2.45) is 0 Å². The Bertz CT molecular complexity index is 374. The number of hydrogen-bond acceptors (Lipinski definition) is 3. The highest BCUT2D eigenvalue weighted by Crippen LogP contribution is 2.30. The second-order valence-electron chi connectivity index (χ2n) is 4.89. The SMILES string of the molecule is OC1CCCCC1n1cnc2c1CCNC2. The van der Waals surface area contributed by atoms with Gasteiger partial charge in [-0.25, -0.2) is 4.98 Å². The van der Waals surface area contributed by atoms with E-state index in [2.05, 4.69) is 14.9 Å². The first-order chi connectivity index (χ1) is 7.86. The Hall–Kier alpha value is -0.870. The van der Waals surface area contributed by atoms with Gasteiger partial charge in [-0.3, -0.25) is 0 Å². The molecule has 1 fully saturated rings. The van der Waals surface area contributed by atoms with Crippen LogP contribution < -0.4 is 5.32 Å². The molecule has 2 unspecified atom stereocenters. The summed E-state index contributed by atoms with van der Waals surface area (Å²) in [6.07, 6.45) is 7.22. The molecule has 0 radical (unpaired) electrons. The van der Waals surface area contributed by atoms with Gasteiger partial charge in [0.2, 0.25) is 0 Å². The lowest BCUT2D eigenvalue weighted by Crippen LogP contribution is -2.31. The first kappa shape index (κ1) is 10.3. The van der Waals surface area contributed by atoms with Crippen LogP contribution in [-0.2, 0) is 13.0 Å². The predicted octanol–water partition coefficient (Wildman–Crippen LogP) is 1.00. The van der Waals surface area contributed by atoms with E-state index in [9.17, 15) is 5.11 Å². The number of aromatic nitrogens is 2. The third-order valence-electron chi connectivity index (χ3n) is 3.87. The van der Waals surface area contributed by atoms with E-state index in [1.807, 2.05) is 6.33 Å². The average Bonchev–Trinajstić information content (AvgIpc) is 2.74. The van der Waals surface area contributed by atoms with Gasteiger partial charge in [-0.05, 0) is 12.8 Å². The second-order valence-corrected chi connectivity index (χ2v) is 4.89. The summed E-state index contributed by atoms with van der Waals surface area (Å²) in [4.78, 5) is 4.46. The van der Waals surface area contributed by atoms with Crippen molar-refractivity contribution in [1.29, 1.82) is 0 Å². The normalized spacial score (nSPS) is 30.1. The van der Waals surface area contributed by atoms with E-state index in [-0.39, 0.29) is 12.1 Å². The van der Waals surface area contributed by atoms with Crippen LogP contribution in [0.3, 0.4) is 0 Å². The monoisotopic (exact) mass is 221 g/mol. The Labute approximate surface area is 95.7 Å². The molecule has 1 saturated carbocycles. The molecule has 3 rings (SSSR count). The summed E-state index contributed by atoms with van der Waals surface area (Å²) in [5.74, 6) is 0. The summed E-state index contributed by atoms with van der Waals surface area (Å²) >= 11 is 0. The standard InChI is InChI=1S/C12H19N3O/c16-12-4-2-1-3-11(12)15-8-14-9-7-13-6-5-10(9)15/h8,11-13,16H,1-7H2. The molecule has 2 heterocycles. The first-order valence-corrected chi connectivity index (χ1v) is 6.29. The Morgan fingerprint density at radius 3 is 3.12 bits per heavy atom. The number of fused-ring (bicyclic) bond motifs is 1. The molecule has 2 atom stereocenters. The summed E-state index contributed by atoms with van der Waals surface area (Å²) in [5.41, 5.74) is 2.51. The van der Waals surface area contributed by atoms with Crippen molar-refractivity contribution in [1.82, 2.24) is 14.9 Å². The fourth-order valence-electron chi connectivity index (χ4n) is 2.96. The van der Waals surface area contributed by atoms with Crippen molar-refractivity contribution in [2.45, 2.75) is 50.8 Å². The fourth-order valence-corrected chi connectivity index (χ4v) is 2.96. The maximum Gasteiger partial charge on any atom is 0.0955 e. The highest BCUT2D eigenvalue weighted by atomic mass is 16.3. The van der Waals surface area contributed by atoms with E-state index in [1.54, 1.807) is 0 Å². The molecule has 4 nitrogen and oxygen atoms in total. The van der Waals surface area contributed by atoms with Crippen LogP contribution in [0.4, 0.5) is 0 Å². The lowest BCUT2D eigenvalue weighted by atomic mass is 9.92. The largest absolute Gasteiger partial charge is 0.391 e. The van der Waals surface area contributed by atoms with Crippen LogP contribution in [0.1, 0.15) is 43.1 Å². The summed E-state index contributed by atoms with van der Waals surface area (Å²) < 4.78 is 2.24. The minimum absolute atomic E-state index is 0.179. The lowest BCUT2D eigenvalue weighted by molar-refractivity contribution is 0.0740. The van der Waals surface area contributed by atoms with Gasteiger partial charge in [-0.15, -0.1) is 0 Å². The molecule has 1 aliphatic carbocycles. The number of aliphatic hydroxyl groups excluding tert-OH is 1. The Morgan fingerprint density at radius 2 is 2.25 bits per heavy atom.